The van der Waals surface area contributed by atoms with Crippen LogP contribution >= 0.6 is 12.4 Å². The molecule has 1 rings (SSSR count). The number of rotatable bonds is 5. The Bertz CT molecular complexity index is 399. The molecule has 0 spiro atoms. The molecule has 0 aliphatic rings. The molecule has 0 saturated heterocycles. The minimum Gasteiger partial charge on any atom is -0.508 e. The molecule has 0 heterocycles. The zero-order chi connectivity index (χ0) is 13.8. The Hall–Kier alpha value is -1.14. The van der Waals surface area contributed by atoms with E-state index in [2.05, 4.69) is 4.74 Å². The summed E-state index contributed by atoms with van der Waals surface area (Å²) in [4.78, 5) is 0. The molecule has 0 saturated carbocycles. The lowest BCUT2D eigenvalue weighted by Gasteiger charge is -2.15. The average Bonchev–Trinajstić information content (AvgIpc) is 2.26. The van der Waals surface area contributed by atoms with Crippen molar-refractivity contribution in [2.24, 2.45) is 5.73 Å². The van der Waals surface area contributed by atoms with Crippen molar-refractivity contribution >= 4 is 12.4 Å². The van der Waals surface area contributed by atoms with Crippen molar-refractivity contribution in [1.82, 2.24) is 0 Å². The fraction of sp³-hybridized carbons (Fsp3) is 0.500. The maximum atomic E-state index is 12.1. The van der Waals surface area contributed by atoms with Gasteiger partial charge >= 0.3 is 6.36 Å². The quantitative estimate of drug-likeness (QED) is 0.867. The molecule has 1 aromatic carbocycles. The van der Waals surface area contributed by atoms with E-state index in [9.17, 15) is 18.3 Å². The zero-order valence-electron chi connectivity index (χ0n) is 10.4. The minimum absolute atomic E-state index is 0. The fourth-order valence-corrected chi connectivity index (χ4v) is 1.61. The summed E-state index contributed by atoms with van der Waals surface area (Å²) in [6.45, 7) is 1.98. The summed E-state index contributed by atoms with van der Waals surface area (Å²) in [5.41, 5.74) is 6.09. The molecule has 3 N–H and O–H groups in total. The molecule has 0 fully saturated rings. The Morgan fingerprint density at radius 1 is 1.37 bits per heavy atom. The average molecular weight is 300 g/mol. The molecule has 0 bridgehead atoms. The number of hydrogen-bond donors (Lipinski definition) is 2. The van der Waals surface area contributed by atoms with Crippen molar-refractivity contribution in [1.29, 1.82) is 0 Å². The number of phenolic OH excluding ortho intramolecular Hbond substituents is 1. The van der Waals surface area contributed by atoms with Gasteiger partial charge in [0.1, 0.15) is 11.5 Å². The largest absolute Gasteiger partial charge is 0.573 e. The third kappa shape index (κ3) is 6.02. The first kappa shape index (κ1) is 17.9. The second-order valence-electron chi connectivity index (χ2n) is 4.02. The predicted molar refractivity (Wildman–Crippen MR) is 68.5 cm³/mol. The Balaban J connectivity index is 0.00000324. The molecule has 0 aliphatic carbocycles. The highest BCUT2D eigenvalue weighted by molar-refractivity contribution is 5.85. The SMILES string of the molecule is CCCC[C@@H](N)c1cc(OC(F)(F)F)ccc1O.Cl. The summed E-state index contributed by atoms with van der Waals surface area (Å²) in [5, 5.41) is 9.59. The molecular formula is C12H17ClF3NO2. The molecule has 3 nitrogen and oxygen atoms in total. The molecule has 110 valence electrons. The summed E-state index contributed by atoms with van der Waals surface area (Å²) in [5.74, 6) is -0.490. The second-order valence-corrected chi connectivity index (χ2v) is 4.02. The van der Waals surface area contributed by atoms with Gasteiger partial charge in [0.2, 0.25) is 0 Å². The number of nitrogens with two attached hydrogens (primary N) is 1. The first-order chi connectivity index (χ1) is 8.33. The number of ether oxygens (including phenoxy) is 1. The number of benzene rings is 1. The van der Waals surface area contributed by atoms with Crippen LogP contribution in [0.4, 0.5) is 13.2 Å². The van der Waals surface area contributed by atoms with Gasteiger partial charge in [0, 0.05) is 11.6 Å². The molecular weight excluding hydrogens is 283 g/mol. The van der Waals surface area contributed by atoms with Crippen molar-refractivity contribution in [3.63, 3.8) is 0 Å². The number of aromatic hydroxyl groups is 1. The molecule has 0 aliphatic heterocycles. The van der Waals surface area contributed by atoms with Crippen LogP contribution < -0.4 is 10.5 Å². The molecule has 0 radical (unpaired) electrons. The van der Waals surface area contributed by atoms with Crippen molar-refractivity contribution in [2.45, 2.75) is 38.6 Å². The van der Waals surface area contributed by atoms with E-state index in [1.54, 1.807) is 0 Å². The van der Waals surface area contributed by atoms with Gasteiger partial charge < -0.3 is 15.6 Å². The van der Waals surface area contributed by atoms with Crippen LogP contribution in [-0.2, 0) is 0 Å². The number of phenols is 1. The maximum Gasteiger partial charge on any atom is 0.573 e. The first-order valence-corrected chi connectivity index (χ1v) is 5.67. The summed E-state index contributed by atoms with van der Waals surface area (Å²) >= 11 is 0. The normalized spacial score (nSPS) is 12.7. The highest BCUT2D eigenvalue weighted by atomic mass is 35.5. The third-order valence-electron chi connectivity index (χ3n) is 2.50. The topological polar surface area (TPSA) is 55.5 Å². The van der Waals surface area contributed by atoms with Crippen LogP contribution in [0.5, 0.6) is 11.5 Å². The number of hydrogen-bond acceptors (Lipinski definition) is 3. The fourth-order valence-electron chi connectivity index (χ4n) is 1.61. The monoisotopic (exact) mass is 299 g/mol. The van der Waals surface area contributed by atoms with Gasteiger partial charge in [0.15, 0.2) is 0 Å². The van der Waals surface area contributed by atoms with Crippen LogP contribution in [0.2, 0.25) is 0 Å². The molecule has 7 heteroatoms. The van der Waals surface area contributed by atoms with Gasteiger partial charge in [-0.15, -0.1) is 25.6 Å². The van der Waals surface area contributed by atoms with Crippen molar-refractivity contribution in [3.8, 4) is 11.5 Å². The van der Waals surface area contributed by atoms with E-state index in [0.717, 1.165) is 31.0 Å². The number of halogens is 4. The predicted octanol–water partition coefficient (Wildman–Crippen LogP) is 3.90. The Morgan fingerprint density at radius 2 is 2.00 bits per heavy atom. The van der Waals surface area contributed by atoms with Crippen molar-refractivity contribution in [3.05, 3.63) is 23.8 Å². The number of alkyl halides is 3. The van der Waals surface area contributed by atoms with Crippen LogP contribution in [-0.4, -0.2) is 11.5 Å². The van der Waals surface area contributed by atoms with E-state index in [0.29, 0.717) is 6.42 Å². The van der Waals surface area contributed by atoms with Crippen LogP contribution in [0.15, 0.2) is 18.2 Å². The lowest BCUT2D eigenvalue weighted by molar-refractivity contribution is -0.274. The third-order valence-corrected chi connectivity index (χ3v) is 2.50. The van der Waals surface area contributed by atoms with E-state index in [1.165, 1.54) is 0 Å². The van der Waals surface area contributed by atoms with E-state index in [1.807, 2.05) is 6.92 Å². The Kier molecular flexibility index (Phi) is 7.00. The van der Waals surface area contributed by atoms with E-state index in [-0.39, 0.29) is 29.5 Å². The molecule has 0 amide bonds. The van der Waals surface area contributed by atoms with Gasteiger partial charge in [-0.05, 0) is 24.6 Å². The summed E-state index contributed by atoms with van der Waals surface area (Å²) in [7, 11) is 0. The summed E-state index contributed by atoms with van der Waals surface area (Å²) in [6.07, 6.45) is -2.39. The molecule has 1 aromatic rings. The molecule has 0 unspecified atom stereocenters. The van der Waals surface area contributed by atoms with Crippen molar-refractivity contribution in [2.75, 3.05) is 0 Å². The van der Waals surface area contributed by atoms with Gasteiger partial charge in [-0.1, -0.05) is 19.8 Å². The molecule has 19 heavy (non-hydrogen) atoms. The lowest BCUT2D eigenvalue weighted by atomic mass is 10.0. The van der Waals surface area contributed by atoms with Gasteiger partial charge in [-0.25, -0.2) is 0 Å². The minimum atomic E-state index is -4.75. The van der Waals surface area contributed by atoms with Crippen LogP contribution in [0.25, 0.3) is 0 Å². The summed E-state index contributed by atoms with van der Waals surface area (Å²) in [6, 6.07) is 2.84. The highest BCUT2D eigenvalue weighted by Gasteiger charge is 2.31. The number of unbranched alkanes of at least 4 members (excludes halogenated alkanes) is 1. The maximum absolute atomic E-state index is 12.1. The van der Waals surface area contributed by atoms with E-state index < -0.39 is 12.4 Å². The smallest absolute Gasteiger partial charge is 0.508 e. The van der Waals surface area contributed by atoms with E-state index in [4.69, 9.17) is 5.73 Å². The van der Waals surface area contributed by atoms with Crippen LogP contribution in [0.3, 0.4) is 0 Å². The summed E-state index contributed by atoms with van der Waals surface area (Å²) < 4.78 is 40.0. The van der Waals surface area contributed by atoms with E-state index >= 15 is 0 Å². The lowest BCUT2D eigenvalue weighted by Crippen LogP contribution is -2.18. The second kappa shape index (κ2) is 7.45. The van der Waals surface area contributed by atoms with Crippen molar-refractivity contribution < 1.29 is 23.0 Å². The molecule has 0 aromatic heterocycles. The highest BCUT2D eigenvalue weighted by Crippen LogP contribution is 2.32. The standard InChI is InChI=1S/C12H16F3NO2.ClH/c1-2-3-4-10(16)9-7-8(5-6-11(9)17)18-12(13,14)15;/h5-7,10,17H,2-4,16H2,1H3;1H/t10-;/m1./s1. The Labute approximate surface area is 116 Å². The van der Waals surface area contributed by atoms with Crippen LogP contribution in [0, 0.1) is 0 Å². The van der Waals surface area contributed by atoms with Gasteiger partial charge in [0.25, 0.3) is 0 Å². The van der Waals surface area contributed by atoms with Gasteiger partial charge in [-0.3, -0.25) is 0 Å². The zero-order valence-corrected chi connectivity index (χ0v) is 11.2. The molecule has 1 atom stereocenters. The van der Waals surface area contributed by atoms with Crippen LogP contribution in [0.1, 0.15) is 37.8 Å². The Morgan fingerprint density at radius 3 is 2.53 bits per heavy atom. The van der Waals surface area contributed by atoms with Gasteiger partial charge in [-0.2, -0.15) is 0 Å². The van der Waals surface area contributed by atoms with Gasteiger partial charge in [0.05, 0.1) is 0 Å². The first-order valence-electron chi connectivity index (χ1n) is 5.67.